The molecule has 2 aliphatic heterocycles. The smallest absolute Gasteiger partial charge is 0.125 e. The normalized spacial score (nSPS) is 23.8. The second kappa shape index (κ2) is 3.99. The van der Waals surface area contributed by atoms with Crippen molar-refractivity contribution in [2.45, 2.75) is 19.4 Å². The number of nitrogen functional groups attached to an aromatic ring is 1. The molecule has 0 unspecified atom stereocenters. The van der Waals surface area contributed by atoms with E-state index in [0.717, 1.165) is 31.1 Å². The first-order valence-electron chi connectivity index (χ1n) is 6.25. The van der Waals surface area contributed by atoms with E-state index in [9.17, 15) is 0 Å². The van der Waals surface area contributed by atoms with E-state index >= 15 is 0 Å². The topological polar surface area (TPSA) is 56.3 Å². The van der Waals surface area contributed by atoms with Crippen LogP contribution < -0.4 is 5.73 Å². The minimum absolute atomic E-state index is 0.537. The standard InChI is InChI=1S/C12H20N4O/c1-15-11(13)10(6-14-15)7-16-8-12(9-16)2-4-17-5-3-12/h6H,2-5,7-9,13H2,1H3. The van der Waals surface area contributed by atoms with Crippen molar-refractivity contribution >= 4 is 5.82 Å². The summed E-state index contributed by atoms with van der Waals surface area (Å²) in [6, 6.07) is 0. The van der Waals surface area contributed by atoms with Crippen molar-refractivity contribution in [3.05, 3.63) is 11.8 Å². The summed E-state index contributed by atoms with van der Waals surface area (Å²) >= 11 is 0. The van der Waals surface area contributed by atoms with Crippen molar-refractivity contribution in [1.82, 2.24) is 14.7 Å². The fourth-order valence-electron chi connectivity index (χ4n) is 2.99. The van der Waals surface area contributed by atoms with Gasteiger partial charge in [-0.1, -0.05) is 0 Å². The second-order valence-corrected chi connectivity index (χ2v) is 5.44. The zero-order valence-corrected chi connectivity index (χ0v) is 10.4. The molecule has 2 N–H and O–H groups in total. The fraction of sp³-hybridized carbons (Fsp3) is 0.750. The molecule has 3 rings (SSSR count). The van der Waals surface area contributed by atoms with Crippen LogP contribution in [0.3, 0.4) is 0 Å². The molecule has 1 spiro atoms. The lowest BCUT2D eigenvalue weighted by Gasteiger charge is -2.52. The number of aryl methyl sites for hydroxylation is 1. The van der Waals surface area contributed by atoms with E-state index < -0.39 is 0 Å². The second-order valence-electron chi connectivity index (χ2n) is 5.44. The summed E-state index contributed by atoms with van der Waals surface area (Å²) in [5, 5.41) is 4.18. The monoisotopic (exact) mass is 236 g/mol. The van der Waals surface area contributed by atoms with Crippen molar-refractivity contribution in [3.63, 3.8) is 0 Å². The van der Waals surface area contributed by atoms with Crippen molar-refractivity contribution in [2.75, 3.05) is 32.0 Å². The number of hydrogen-bond acceptors (Lipinski definition) is 4. The predicted octanol–water partition coefficient (Wildman–Crippen LogP) is 0.615. The van der Waals surface area contributed by atoms with Crippen molar-refractivity contribution < 1.29 is 4.74 Å². The van der Waals surface area contributed by atoms with Gasteiger partial charge in [0.2, 0.25) is 0 Å². The summed E-state index contributed by atoms with van der Waals surface area (Å²) in [6.45, 7) is 5.17. The first-order valence-corrected chi connectivity index (χ1v) is 6.25. The van der Waals surface area contributed by atoms with E-state index in [2.05, 4.69) is 10.00 Å². The molecule has 0 amide bonds. The van der Waals surface area contributed by atoms with Gasteiger partial charge in [-0.25, -0.2) is 0 Å². The molecule has 17 heavy (non-hydrogen) atoms. The highest BCUT2D eigenvalue weighted by Gasteiger charge is 2.43. The van der Waals surface area contributed by atoms with Crippen LogP contribution in [-0.2, 0) is 18.3 Å². The Hall–Kier alpha value is -1.07. The molecule has 0 radical (unpaired) electrons. The third-order valence-corrected chi connectivity index (χ3v) is 4.13. The van der Waals surface area contributed by atoms with Crippen LogP contribution in [0, 0.1) is 5.41 Å². The molecular weight excluding hydrogens is 216 g/mol. The lowest BCUT2D eigenvalue weighted by Crippen LogP contribution is -2.57. The number of anilines is 1. The average Bonchev–Trinajstić information content (AvgIpc) is 2.60. The summed E-state index contributed by atoms with van der Waals surface area (Å²) < 4.78 is 7.16. The molecule has 0 aliphatic carbocycles. The van der Waals surface area contributed by atoms with Crippen molar-refractivity contribution in [3.8, 4) is 0 Å². The number of nitrogens with zero attached hydrogens (tertiary/aromatic N) is 3. The van der Waals surface area contributed by atoms with Crippen LogP contribution in [0.1, 0.15) is 18.4 Å². The third kappa shape index (κ3) is 1.93. The van der Waals surface area contributed by atoms with Crippen molar-refractivity contribution in [2.24, 2.45) is 12.5 Å². The van der Waals surface area contributed by atoms with Crippen LogP contribution in [0.2, 0.25) is 0 Å². The van der Waals surface area contributed by atoms with E-state index in [1.165, 1.54) is 25.9 Å². The molecule has 0 saturated carbocycles. The third-order valence-electron chi connectivity index (χ3n) is 4.13. The van der Waals surface area contributed by atoms with Gasteiger partial charge in [0.25, 0.3) is 0 Å². The first kappa shape index (κ1) is 11.0. The molecule has 1 aromatic rings. The zero-order valence-electron chi connectivity index (χ0n) is 10.4. The summed E-state index contributed by atoms with van der Waals surface area (Å²) in [7, 11) is 1.88. The quantitative estimate of drug-likeness (QED) is 0.817. The molecule has 1 aromatic heterocycles. The van der Waals surface area contributed by atoms with Gasteiger partial charge >= 0.3 is 0 Å². The molecule has 0 aromatic carbocycles. The molecule has 5 heteroatoms. The largest absolute Gasteiger partial charge is 0.384 e. The van der Waals surface area contributed by atoms with E-state index in [1.54, 1.807) is 4.68 Å². The van der Waals surface area contributed by atoms with E-state index in [0.29, 0.717) is 5.41 Å². The maximum Gasteiger partial charge on any atom is 0.125 e. The first-order chi connectivity index (χ1) is 8.19. The summed E-state index contributed by atoms with van der Waals surface area (Å²) in [5.74, 6) is 0.790. The zero-order chi connectivity index (χ0) is 11.9. The average molecular weight is 236 g/mol. The van der Waals surface area contributed by atoms with Crippen LogP contribution in [-0.4, -0.2) is 41.0 Å². The molecule has 2 saturated heterocycles. The van der Waals surface area contributed by atoms with Crippen LogP contribution >= 0.6 is 0 Å². The van der Waals surface area contributed by atoms with Gasteiger partial charge in [0.1, 0.15) is 5.82 Å². The van der Waals surface area contributed by atoms with Crippen LogP contribution in [0.15, 0.2) is 6.20 Å². The Labute approximate surface area is 102 Å². The lowest BCUT2D eigenvalue weighted by atomic mass is 9.73. The highest BCUT2D eigenvalue weighted by molar-refractivity contribution is 5.38. The molecule has 0 bridgehead atoms. The van der Waals surface area contributed by atoms with Crippen LogP contribution in [0.25, 0.3) is 0 Å². The van der Waals surface area contributed by atoms with Crippen LogP contribution in [0.4, 0.5) is 5.82 Å². The number of ether oxygens (including phenoxy) is 1. The Balaban J connectivity index is 1.57. The van der Waals surface area contributed by atoms with Gasteiger partial charge in [-0.2, -0.15) is 5.10 Å². The van der Waals surface area contributed by atoms with Gasteiger partial charge in [0.05, 0.1) is 6.20 Å². The molecule has 3 heterocycles. The summed E-state index contributed by atoms with van der Waals surface area (Å²) in [5.41, 5.74) is 7.64. The lowest BCUT2D eigenvalue weighted by molar-refractivity contribution is -0.0838. The molecular formula is C12H20N4O. The van der Waals surface area contributed by atoms with Gasteiger partial charge in [0.15, 0.2) is 0 Å². The van der Waals surface area contributed by atoms with Gasteiger partial charge in [-0.05, 0) is 12.8 Å². The summed E-state index contributed by atoms with van der Waals surface area (Å²) in [6.07, 6.45) is 4.31. The maximum absolute atomic E-state index is 5.95. The molecule has 94 valence electrons. The number of likely N-dealkylation sites (tertiary alicyclic amines) is 1. The molecule has 2 fully saturated rings. The predicted molar refractivity (Wildman–Crippen MR) is 65.4 cm³/mol. The van der Waals surface area contributed by atoms with Gasteiger partial charge < -0.3 is 10.5 Å². The number of hydrogen-bond donors (Lipinski definition) is 1. The minimum atomic E-state index is 0.537. The van der Waals surface area contributed by atoms with Crippen molar-refractivity contribution in [1.29, 1.82) is 0 Å². The fourth-order valence-corrected chi connectivity index (χ4v) is 2.99. The SMILES string of the molecule is Cn1ncc(CN2CC3(CCOCC3)C2)c1N. The van der Waals surface area contributed by atoms with E-state index in [4.69, 9.17) is 10.5 Å². The Morgan fingerprint density at radius 3 is 2.71 bits per heavy atom. The number of aromatic nitrogens is 2. The molecule has 5 nitrogen and oxygen atoms in total. The Kier molecular flexibility index (Phi) is 2.60. The Morgan fingerprint density at radius 2 is 2.12 bits per heavy atom. The van der Waals surface area contributed by atoms with Gasteiger partial charge in [0, 0.05) is 50.9 Å². The molecule has 0 atom stereocenters. The number of rotatable bonds is 2. The van der Waals surface area contributed by atoms with Crippen LogP contribution in [0.5, 0.6) is 0 Å². The van der Waals surface area contributed by atoms with Gasteiger partial charge in [-0.15, -0.1) is 0 Å². The van der Waals surface area contributed by atoms with Gasteiger partial charge in [-0.3, -0.25) is 9.58 Å². The summed E-state index contributed by atoms with van der Waals surface area (Å²) in [4.78, 5) is 2.46. The Morgan fingerprint density at radius 1 is 1.41 bits per heavy atom. The van der Waals surface area contributed by atoms with E-state index in [1.807, 2.05) is 13.2 Å². The number of nitrogens with two attached hydrogens (primary N) is 1. The minimum Gasteiger partial charge on any atom is -0.384 e. The highest BCUT2D eigenvalue weighted by Crippen LogP contribution is 2.40. The highest BCUT2D eigenvalue weighted by atomic mass is 16.5. The Bertz CT molecular complexity index is 401. The maximum atomic E-state index is 5.95. The van der Waals surface area contributed by atoms with E-state index in [-0.39, 0.29) is 0 Å². The molecule has 2 aliphatic rings.